The lowest BCUT2D eigenvalue weighted by Crippen LogP contribution is -2.16. The smallest absolute Gasteiger partial charge is 0.0662 e. The first-order chi connectivity index (χ1) is 4.83. The molecule has 1 N–H and O–H groups in total. The van der Waals surface area contributed by atoms with Gasteiger partial charge in [-0.3, -0.25) is 0 Å². The van der Waals surface area contributed by atoms with Crippen LogP contribution in [0.3, 0.4) is 0 Å². The third-order valence-corrected chi connectivity index (χ3v) is 3.03. The fraction of sp³-hybridized carbons (Fsp3) is 0.875. The lowest BCUT2D eigenvalue weighted by Gasteiger charge is -2.14. The molecule has 0 heterocycles. The highest BCUT2D eigenvalue weighted by Crippen LogP contribution is 2.48. The molecule has 2 heteroatoms. The van der Waals surface area contributed by atoms with Crippen LogP contribution < -0.4 is 0 Å². The highest BCUT2D eigenvalue weighted by Gasteiger charge is 2.47. The summed E-state index contributed by atoms with van der Waals surface area (Å²) in [5.74, 6) is 1.01. The fourth-order valence-electron chi connectivity index (χ4n) is 2.50. The van der Waals surface area contributed by atoms with Crippen LogP contribution >= 0.6 is 0 Å². The second kappa shape index (κ2) is 1.96. The third-order valence-electron chi connectivity index (χ3n) is 3.03. The average molecular weight is 137 g/mol. The largest absolute Gasteiger partial charge is 0.393 e. The lowest BCUT2D eigenvalue weighted by molar-refractivity contribution is 0.110. The standard InChI is InChI=1S/C8H11NO/c9-4-7-5-1-2-6(7)8(10)3-5/h5-8,10H,1-3H2/t5-,6-,7?,8+/m1/s1. The van der Waals surface area contributed by atoms with Crippen molar-refractivity contribution in [1.29, 1.82) is 5.26 Å². The van der Waals surface area contributed by atoms with Crippen LogP contribution in [-0.2, 0) is 0 Å². The van der Waals surface area contributed by atoms with E-state index in [2.05, 4.69) is 6.07 Å². The molecule has 4 atom stereocenters. The Labute approximate surface area is 60.5 Å². The van der Waals surface area contributed by atoms with Gasteiger partial charge in [-0.2, -0.15) is 5.26 Å². The zero-order chi connectivity index (χ0) is 7.14. The molecule has 0 spiro atoms. The molecule has 0 amide bonds. The van der Waals surface area contributed by atoms with Gasteiger partial charge < -0.3 is 5.11 Å². The maximum absolute atomic E-state index is 9.37. The van der Waals surface area contributed by atoms with Crippen molar-refractivity contribution in [1.82, 2.24) is 0 Å². The molecule has 2 fully saturated rings. The van der Waals surface area contributed by atoms with Crippen molar-refractivity contribution in [3.05, 3.63) is 0 Å². The quantitative estimate of drug-likeness (QED) is 0.539. The van der Waals surface area contributed by atoms with Crippen molar-refractivity contribution < 1.29 is 5.11 Å². The van der Waals surface area contributed by atoms with Crippen LogP contribution in [0.5, 0.6) is 0 Å². The topological polar surface area (TPSA) is 44.0 Å². The molecule has 54 valence electrons. The number of fused-ring (bicyclic) bond motifs is 2. The summed E-state index contributed by atoms with van der Waals surface area (Å²) in [6, 6.07) is 2.30. The molecular formula is C8H11NO. The molecule has 2 rings (SSSR count). The van der Waals surface area contributed by atoms with Gasteiger partial charge in [-0.25, -0.2) is 0 Å². The third kappa shape index (κ3) is 0.615. The monoisotopic (exact) mass is 137 g/mol. The van der Waals surface area contributed by atoms with E-state index in [-0.39, 0.29) is 12.0 Å². The molecule has 2 aliphatic carbocycles. The number of nitrogens with zero attached hydrogens (tertiary/aromatic N) is 1. The molecule has 0 aliphatic heterocycles. The number of aliphatic hydroxyl groups excluding tert-OH is 1. The van der Waals surface area contributed by atoms with Gasteiger partial charge in [0.15, 0.2) is 0 Å². The van der Waals surface area contributed by atoms with Gasteiger partial charge in [0.1, 0.15) is 0 Å². The van der Waals surface area contributed by atoms with E-state index in [1.54, 1.807) is 0 Å². The van der Waals surface area contributed by atoms with E-state index < -0.39 is 0 Å². The predicted molar refractivity (Wildman–Crippen MR) is 35.9 cm³/mol. The van der Waals surface area contributed by atoms with E-state index in [0.717, 1.165) is 12.8 Å². The van der Waals surface area contributed by atoms with Crippen LogP contribution in [-0.4, -0.2) is 11.2 Å². The van der Waals surface area contributed by atoms with Crippen LogP contribution in [0, 0.1) is 29.1 Å². The Morgan fingerprint density at radius 1 is 1.40 bits per heavy atom. The van der Waals surface area contributed by atoms with Crippen molar-refractivity contribution in [3.8, 4) is 6.07 Å². The first-order valence-electron chi connectivity index (χ1n) is 3.90. The van der Waals surface area contributed by atoms with Crippen LogP contribution in [0.1, 0.15) is 19.3 Å². The molecule has 0 radical (unpaired) electrons. The Kier molecular flexibility index (Phi) is 1.21. The molecule has 2 saturated carbocycles. The Morgan fingerprint density at radius 2 is 2.20 bits per heavy atom. The zero-order valence-electron chi connectivity index (χ0n) is 5.83. The van der Waals surface area contributed by atoms with Gasteiger partial charge in [0.05, 0.1) is 18.1 Å². The Balaban J connectivity index is 2.20. The predicted octanol–water partition coefficient (Wildman–Crippen LogP) is 0.917. The van der Waals surface area contributed by atoms with Gasteiger partial charge in [-0.15, -0.1) is 0 Å². The number of nitriles is 1. The molecule has 10 heavy (non-hydrogen) atoms. The number of aliphatic hydroxyl groups is 1. The fourth-order valence-corrected chi connectivity index (χ4v) is 2.50. The molecule has 0 aromatic heterocycles. The minimum absolute atomic E-state index is 0.164. The van der Waals surface area contributed by atoms with Crippen LogP contribution in [0.15, 0.2) is 0 Å². The summed E-state index contributed by atoms with van der Waals surface area (Å²) in [6.45, 7) is 0. The zero-order valence-corrected chi connectivity index (χ0v) is 5.83. The molecule has 1 unspecified atom stereocenters. The normalized spacial score (nSPS) is 51.2. The number of hydrogen-bond donors (Lipinski definition) is 1. The van der Waals surface area contributed by atoms with Gasteiger partial charge in [-0.05, 0) is 25.2 Å². The highest BCUT2D eigenvalue weighted by atomic mass is 16.3. The first kappa shape index (κ1) is 6.18. The second-order valence-corrected chi connectivity index (χ2v) is 3.46. The molecule has 0 aromatic carbocycles. The molecule has 2 bridgehead atoms. The minimum Gasteiger partial charge on any atom is -0.393 e. The summed E-state index contributed by atoms with van der Waals surface area (Å²) in [6.07, 6.45) is 2.95. The molecule has 0 aromatic rings. The van der Waals surface area contributed by atoms with Gasteiger partial charge >= 0.3 is 0 Å². The van der Waals surface area contributed by atoms with Gasteiger partial charge in [0.2, 0.25) is 0 Å². The number of rotatable bonds is 0. The van der Waals surface area contributed by atoms with E-state index in [1.807, 2.05) is 0 Å². The van der Waals surface area contributed by atoms with Gasteiger partial charge in [0.25, 0.3) is 0 Å². The summed E-state index contributed by atoms with van der Waals surface area (Å²) in [5.41, 5.74) is 0. The van der Waals surface area contributed by atoms with E-state index in [9.17, 15) is 5.11 Å². The Morgan fingerprint density at radius 3 is 2.50 bits per heavy atom. The summed E-state index contributed by atoms with van der Waals surface area (Å²) >= 11 is 0. The van der Waals surface area contributed by atoms with Crippen molar-refractivity contribution >= 4 is 0 Å². The van der Waals surface area contributed by atoms with E-state index >= 15 is 0 Å². The Hall–Kier alpha value is -0.550. The SMILES string of the molecule is N#CC1[C@@H]2CC[C@H]1[C@@H](O)C2. The Bertz CT molecular complexity index is 184. The van der Waals surface area contributed by atoms with Crippen LogP contribution in [0.2, 0.25) is 0 Å². The minimum atomic E-state index is -0.164. The molecule has 2 nitrogen and oxygen atoms in total. The summed E-state index contributed by atoms with van der Waals surface area (Å²) < 4.78 is 0. The van der Waals surface area contributed by atoms with Crippen LogP contribution in [0.4, 0.5) is 0 Å². The molecule has 2 aliphatic rings. The second-order valence-electron chi connectivity index (χ2n) is 3.46. The van der Waals surface area contributed by atoms with E-state index in [0.29, 0.717) is 11.8 Å². The van der Waals surface area contributed by atoms with Crippen molar-refractivity contribution in [2.24, 2.45) is 17.8 Å². The maximum Gasteiger partial charge on any atom is 0.0662 e. The van der Waals surface area contributed by atoms with Crippen LogP contribution in [0.25, 0.3) is 0 Å². The van der Waals surface area contributed by atoms with Gasteiger partial charge in [0, 0.05) is 5.92 Å². The highest BCUT2D eigenvalue weighted by molar-refractivity contribution is 5.05. The van der Waals surface area contributed by atoms with E-state index in [4.69, 9.17) is 5.26 Å². The summed E-state index contributed by atoms with van der Waals surface area (Å²) in [5, 5.41) is 18.1. The first-order valence-corrected chi connectivity index (χ1v) is 3.90. The molecule has 0 saturated heterocycles. The van der Waals surface area contributed by atoms with Crippen molar-refractivity contribution in [3.63, 3.8) is 0 Å². The summed E-state index contributed by atoms with van der Waals surface area (Å²) in [7, 11) is 0. The van der Waals surface area contributed by atoms with Crippen molar-refractivity contribution in [2.45, 2.75) is 25.4 Å². The number of hydrogen-bond acceptors (Lipinski definition) is 2. The lowest BCUT2D eigenvalue weighted by atomic mass is 9.98. The van der Waals surface area contributed by atoms with E-state index in [1.165, 1.54) is 6.42 Å². The van der Waals surface area contributed by atoms with Gasteiger partial charge in [-0.1, -0.05) is 0 Å². The maximum atomic E-state index is 9.37. The van der Waals surface area contributed by atoms with Crippen molar-refractivity contribution in [2.75, 3.05) is 0 Å². The average Bonchev–Trinajstić information content (AvgIpc) is 2.42. The molecular weight excluding hydrogens is 126 g/mol. The summed E-state index contributed by atoms with van der Waals surface area (Å²) in [4.78, 5) is 0.